The number of para-hydroxylation sites is 1. The summed E-state index contributed by atoms with van der Waals surface area (Å²) in [6.45, 7) is -2.58. The van der Waals surface area contributed by atoms with E-state index < -0.39 is 6.61 Å². The number of alkyl halides is 2. The van der Waals surface area contributed by atoms with Crippen molar-refractivity contribution in [1.82, 2.24) is 5.32 Å². The molecule has 6 heteroatoms. The monoisotopic (exact) mass is 307 g/mol. The maximum atomic E-state index is 12.0. The summed E-state index contributed by atoms with van der Waals surface area (Å²) in [5.74, 6) is 0.384. The lowest BCUT2D eigenvalue weighted by atomic mass is 10.1. The molecule has 0 saturated heterocycles. The summed E-state index contributed by atoms with van der Waals surface area (Å²) in [6.07, 6.45) is 0. The lowest BCUT2D eigenvalue weighted by Gasteiger charge is -2.10. The predicted octanol–water partition coefficient (Wildman–Crippen LogP) is 3.23. The summed E-state index contributed by atoms with van der Waals surface area (Å²) >= 11 is 0. The first-order valence-electron chi connectivity index (χ1n) is 6.55. The van der Waals surface area contributed by atoms with Crippen LogP contribution in [-0.2, 0) is 6.54 Å². The van der Waals surface area contributed by atoms with Gasteiger partial charge in [0.15, 0.2) is 0 Å². The number of methoxy groups -OCH3 is 1. The maximum absolute atomic E-state index is 12.0. The molecule has 0 aromatic heterocycles. The third-order valence-electron chi connectivity index (χ3n) is 2.97. The van der Waals surface area contributed by atoms with Crippen molar-refractivity contribution in [2.45, 2.75) is 13.2 Å². The van der Waals surface area contributed by atoms with Gasteiger partial charge in [0.05, 0.1) is 7.11 Å². The van der Waals surface area contributed by atoms with E-state index in [1.807, 2.05) is 18.2 Å². The molecule has 1 amide bonds. The Morgan fingerprint density at radius 2 is 1.82 bits per heavy atom. The number of benzene rings is 2. The van der Waals surface area contributed by atoms with Crippen LogP contribution in [0, 0.1) is 0 Å². The van der Waals surface area contributed by atoms with Gasteiger partial charge in [-0.3, -0.25) is 4.79 Å². The largest absolute Gasteiger partial charge is 0.496 e. The molecule has 1 N–H and O–H groups in total. The Morgan fingerprint density at radius 3 is 2.45 bits per heavy atom. The molecule has 0 aliphatic heterocycles. The summed E-state index contributed by atoms with van der Waals surface area (Å²) in [5, 5.41) is 2.74. The molecule has 0 atom stereocenters. The fraction of sp³-hybridized carbons (Fsp3) is 0.188. The Balaban J connectivity index is 1.97. The zero-order valence-electron chi connectivity index (χ0n) is 11.9. The van der Waals surface area contributed by atoms with Gasteiger partial charge in [0.2, 0.25) is 0 Å². The van der Waals surface area contributed by atoms with Gasteiger partial charge < -0.3 is 14.8 Å². The fourth-order valence-corrected chi connectivity index (χ4v) is 1.91. The van der Waals surface area contributed by atoms with Crippen molar-refractivity contribution >= 4 is 5.91 Å². The van der Waals surface area contributed by atoms with Gasteiger partial charge in [-0.25, -0.2) is 0 Å². The molecule has 0 aliphatic rings. The molecule has 22 heavy (non-hydrogen) atoms. The van der Waals surface area contributed by atoms with Crippen LogP contribution in [0.15, 0.2) is 48.5 Å². The van der Waals surface area contributed by atoms with Gasteiger partial charge in [-0.15, -0.1) is 0 Å². The van der Waals surface area contributed by atoms with Crippen LogP contribution >= 0.6 is 0 Å². The second kappa shape index (κ2) is 7.40. The molecule has 0 heterocycles. The van der Waals surface area contributed by atoms with Crippen molar-refractivity contribution in [3.05, 3.63) is 59.7 Å². The molecule has 116 valence electrons. The highest BCUT2D eigenvalue weighted by molar-refractivity contribution is 5.94. The molecule has 0 fully saturated rings. The Labute approximate surface area is 126 Å². The molecule has 4 nitrogen and oxygen atoms in total. The Bertz CT molecular complexity index is 630. The number of carbonyl (C=O) groups is 1. The van der Waals surface area contributed by atoms with Gasteiger partial charge in [0, 0.05) is 17.7 Å². The molecule has 2 rings (SSSR count). The highest BCUT2D eigenvalue weighted by Crippen LogP contribution is 2.18. The summed E-state index contributed by atoms with van der Waals surface area (Å²) in [5.41, 5.74) is 1.20. The summed E-state index contributed by atoms with van der Waals surface area (Å²) in [6, 6.07) is 12.8. The summed E-state index contributed by atoms with van der Waals surface area (Å²) in [4.78, 5) is 12.0. The zero-order chi connectivity index (χ0) is 15.9. The highest BCUT2D eigenvalue weighted by atomic mass is 19.3. The normalized spacial score (nSPS) is 10.4. The van der Waals surface area contributed by atoms with Crippen LogP contribution in [0.4, 0.5) is 8.78 Å². The van der Waals surface area contributed by atoms with E-state index in [1.54, 1.807) is 13.2 Å². The molecule has 0 aliphatic carbocycles. The quantitative estimate of drug-likeness (QED) is 0.891. The third-order valence-corrected chi connectivity index (χ3v) is 2.97. The van der Waals surface area contributed by atoms with E-state index in [1.165, 1.54) is 24.3 Å². The Hall–Kier alpha value is -2.63. The van der Waals surface area contributed by atoms with E-state index in [0.29, 0.717) is 17.9 Å². The van der Waals surface area contributed by atoms with E-state index in [4.69, 9.17) is 4.74 Å². The molecule has 0 saturated carbocycles. The van der Waals surface area contributed by atoms with Crippen LogP contribution in [0.25, 0.3) is 0 Å². The molecule has 0 unspecified atom stereocenters. The van der Waals surface area contributed by atoms with Crippen LogP contribution in [0.5, 0.6) is 11.5 Å². The summed E-state index contributed by atoms with van der Waals surface area (Å²) < 4.78 is 33.5. The number of hydrogen-bond donors (Lipinski definition) is 1. The molecular formula is C16H15F2NO3. The highest BCUT2D eigenvalue weighted by Gasteiger charge is 2.09. The molecule has 0 bridgehead atoms. The minimum Gasteiger partial charge on any atom is -0.496 e. The number of halogens is 2. The van der Waals surface area contributed by atoms with Crippen molar-refractivity contribution in [3.8, 4) is 11.5 Å². The minimum absolute atomic E-state index is 0.0104. The number of rotatable bonds is 6. The first-order chi connectivity index (χ1) is 10.6. The second-order valence-electron chi connectivity index (χ2n) is 4.40. The van der Waals surface area contributed by atoms with E-state index >= 15 is 0 Å². The van der Waals surface area contributed by atoms with Crippen molar-refractivity contribution in [2.24, 2.45) is 0 Å². The first kappa shape index (κ1) is 15.8. The number of nitrogens with one attached hydrogen (secondary N) is 1. The van der Waals surface area contributed by atoms with Crippen LogP contribution < -0.4 is 14.8 Å². The standard InChI is InChI=1S/C16H15F2NO3/c1-21-14-5-3-2-4-12(14)10-19-15(20)11-6-8-13(9-7-11)22-16(17)18/h2-9,16H,10H2,1H3,(H,19,20). The van der Waals surface area contributed by atoms with Crippen molar-refractivity contribution < 1.29 is 23.0 Å². The number of hydrogen-bond acceptors (Lipinski definition) is 3. The van der Waals surface area contributed by atoms with Gasteiger partial charge in [-0.05, 0) is 30.3 Å². The smallest absolute Gasteiger partial charge is 0.387 e. The van der Waals surface area contributed by atoms with E-state index in [-0.39, 0.29) is 11.7 Å². The zero-order valence-corrected chi connectivity index (χ0v) is 11.9. The van der Waals surface area contributed by atoms with Crippen LogP contribution in [-0.4, -0.2) is 19.6 Å². The maximum Gasteiger partial charge on any atom is 0.387 e. The van der Waals surface area contributed by atoms with Crippen LogP contribution in [0.2, 0.25) is 0 Å². The van der Waals surface area contributed by atoms with Crippen LogP contribution in [0.3, 0.4) is 0 Å². The molecular weight excluding hydrogens is 292 g/mol. The molecule has 2 aromatic carbocycles. The van der Waals surface area contributed by atoms with Crippen molar-refractivity contribution in [2.75, 3.05) is 7.11 Å². The lowest BCUT2D eigenvalue weighted by molar-refractivity contribution is -0.0498. The van der Waals surface area contributed by atoms with E-state index in [0.717, 1.165) is 5.56 Å². The van der Waals surface area contributed by atoms with Crippen molar-refractivity contribution in [3.63, 3.8) is 0 Å². The number of amides is 1. The minimum atomic E-state index is -2.88. The van der Waals surface area contributed by atoms with Gasteiger partial charge in [-0.1, -0.05) is 18.2 Å². The molecule has 2 aromatic rings. The van der Waals surface area contributed by atoms with E-state index in [2.05, 4.69) is 10.1 Å². The topological polar surface area (TPSA) is 47.6 Å². The van der Waals surface area contributed by atoms with Crippen molar-refractivity contribution in [1.29, 1.82) is 0 Å². The Kier molecular flexibility index (Phi) is 5.30. The first-order valence-corrected chi connectivity index (χ1v) is 6.55. The van der Waals surface area contributed by atoms with E-state index in [9.17, 15) is 13.6 Å². The fourth-order valence-electron chi connectivity index (χ4n) is 1.91. The number of ether oxygens (including phenoxy) is 2. The predicted molar refractivity (Wildman–Crippen MR) is 77.2 cm³/mol. The summed E-state index contributed by atoms with van der Waals surface area (Å²) in [7, 11) is 1.56. The van der Waals surface area contributed by atoms with Gasteiger partial charge in [-0.2, -0.15) is 8.78 Å². The van der Waals surface area contributed by atoms with Crippen LogP contribution in [0.1, 0.15) is 15.9 Å². The lowest BCUT2D eigenvalue weighted by Crippen LogP contribution is -2.23. The Morgan fingerprint density at radius 1 is 1.14 bits per heavy atom. The average molecular weight is 307 g/mol. The third kappa shape index (κ3) is 4.18. The average Bonchev–Trinajstić information content (AvgIpc) is 2.53. The SMILES string of the molecule is COc1ccccc1CNC(=O)c1ccc(OC(F)F)cc1. The molecule has 0 radical (unpaired) electrons. The van der Waals surface area contributed by atoms with Gasteiger partial charge in [0.25, 0.3) is 5.91 Å². The number of carbonyl (C=O) groups excluding carboxylic acids is 1. The van der Waals surface area contributed by atoms with Gasteiger partial charge in [0.1, 0.15) is 11.5 Å². The molecule has 0 spiro atoms. The second-order valence-corrected chi connectivity index (χ2v) is 4.40. The van der Waals surface area contributed by atoms with Gasteiger partial charge >= 0.3 is 6.61 Å².